The number of hydrogen-bond acceptors (Lipinski definition) is 5. The van der Waals surface area contributed by atoms with Crippen molar-refractivity contribution in [2.45, 2.75) is 32.6 Å². The minimum absolute atomic E-state index is 0.0633. The molecule has 0 radical (unpaired) electrons. The number of carbonyl (C=O) groups excluding carboxylic acids is 2. The van der Waals surface area contributed by atoms with Crippen LogP contribution < -0.4 is 14.8 Å². The topological polar surface area (TPSA) is 102 Å². The van der Waals surface area contributed by atoms with E-state index in [-0.39, 0.29) is 18.5 Å². The summed E-state index contributed by atoms with van der Waals surface area (Å²) in [6.07, 6.45) is 2.66. The van der Waals surface area contributed by atoms with Crippen LogP contribution in [0.3, 0.4) is 0 Å². The van der Waals surface area contributed by atoms with Crippen molar-refractivity contribution in [3.63, 3.8) is 0 Å². The van der Waals surface area contributed by atoms with E-state index in [1.165, 1.54) is 13.0 Å². The minimum Gasteiger partial charge on any atom is -0.481 e. The van der Waals surface area contributed by atoms with Gasteiger partial charge in [0.2, 0.25) is 12.7 Å². The number of carboxylic acids is 1. The first-order valence-electron chi connectivity index (χ1n) is 7.95. The maximum Gasteiger partial charge on any atom is 0.307 e. The van der Waals surface area contributed by atoms with Crippen LogP contribution >= 0.6 is 0 Å². The predicted octanol–water partition coefficient (Wildman–Crippen LogP) is 2.45. The van der Waals surface area contributed by atoms with E-state index in [1.807, 2.05) is 0 Å². The van der Waals surface area contributed by atoms with Gasteiger partial charge in [0, 0.05) is 11.6 Å². The molecule has 1 aromatic rings. The molecular weight excluding hydrogens is 314 g/mol. The number of carbonyl (C=O) groups is 3. The van der Waals surface area contributed by atoms with Crippen molar-refractivity contribution in [1.29, 1.82) is 0 Å². The predicted molar refractivity (Wildman–Crippen MR) is 84.3 cm³/mol. The summed E-state index contributed by atoms with van der Waals surface area (Å²) in [6.45, 7) is 1.46. The smallest absolute Gasteiger partial charge is 0.307 e. The monoisotopic (exact) mass is 333 g/mol. The summed E-state index contributed by atoms with van der Waals surface area (Å²) in [7, 11) is 0. The van der Waals surface area contributed by atoms with E-state index in [2.05, 4.69) is 5.32 Å². The molecule has 1 heterocycles. The zero-order valence-electron chi connectivity index (χ0n) is 13.3. The number of amides is 1. The van der Waals surface area contributed by atoms with Crippen LogP contribution in [0.15, 0.2) is 12.1 Å². The highest BCUT2D eigenvalue weighted by Gasteiger charge is 2.36. The number of anilines is 1. The highest BCUT2D eigenvalue weighted by atomic mass is 16.7. The molecule has 24 heavy (non-hydrogen) atoms. The Morgan fingerprint density at radius 3 is 2.33 bits per heavy atom. The Kier molecular flexibility index (Phi) is 4.42. The first kappa shape index (κ1) is 16.3. The molecular formula is C17H19NO6. The molecule has 3 rings (SSSR count). The van der Waals surface area contributed by atoms with E-state index in [4.69, 9.17) is 9.47 Å². The number of rotatable bonds is 4. The van der Waals surface area contributed by atoms with Crippen LogP contribution in [0.4, 0.5) is 5.69 Å². The second-order valence-electron chi connectivity index (χ2n) is 6.13. The lowest BCUT2D eigenvalue weighted by Gasteiger charge is -2.27. The zero-order valence-corrected chi connectivity index (χ0v) is 13.3. The molecule has 1 aromatic carbocycles. The fourth-order valence-corrected chi connectivity index (χ4v) is 3.30. The molecule has 1 aliphatic carbocycles. The molecule has 2 atom stereocenters. The highest BCUT2D eigenvalue weighted by Crippen LogP contribution is 2.38. The lowest BCUT2D eigenvalue weighted by Crippen LogP contribution is -2.36. The molecule has 1 fully saturated rings. The van der Waals surface area contributed by atoms with Gasteiger partial charge in [-0.3, -0.25) is 14.4 Å². The molecule has 1 amide bonds. The van der Waals surface area contributed by atoms with Gasteiger partial charge in [0.05, 0.1) is 17.5 Å². The number of fused-ring (bicyclic) bond motifs is 1. The number of ether oxygens (including phenoxy) is 2. The van der Waals surface area contributed by atoms with Crippen LogP contribution in [0, 0.1) is 11.8 Å². The van der Waals surface area contributed by atoms with Crippen LogP contribution in [0.5, 0.6) is 11.5 Å². The Morgan fingerprint density at radius 2 is 1.71 bits per heavy atom. The number of nitrogens with one attached hydrogen (secondary N) is 1. The van der Waals surface area contributed by atoms with Gasteiger partial charge in [-0.15, -0.1) is 0 Å². The van der Waals surface area contributed by atoms with E-state index in [0.717, 1.165) is 12.8 Å². The summed E-state index contributed by atoms with van der Waals surface area (Å²) in [5.74, 6) is -1.92. The van der Waals surface area contributed by atoms with Crippen LogP contribution in [-0.2, 0) is 9.59 Å². The van der Waals surface area contributed by atoms with Gasteiger partial charge in [-0.05, 0) is 25.8 Å². The van der Waals surface area contributed by atoms with Gasteiger partial charge in [0.25, 0.3) is 0 Å². The summed E-state index contributed by atoms with van der Waals surface area (Å²) >= 11 is 0. The first-order chi connectivity index (χ1) is 11.5. The second kappa shape index (κ2) is 6.51. The number of ketones is 1. The van der Waals surface area contributed by atoms with Gasteiger partial charge in [-0.2, -0.15) is 0 Å². The number of benzene rings is 1. The number of aliphatic carboxylic acids is 1. The van der Waals surface area contributed by atoms with Gasteiger partial charge < -0.3 is 19.9 Å². The Labute approximate surface area is 138 Å². The number of Topliss-reactive ketones (excluding diaryl/α,β-unsaturated/α-hetero) is 1. The SMILES string of the molecule is CC(=O)c1cc2c(cc1NC(=O)C1CCCCC1C(=O)O)OCO2. The normalized spacial score (nSPS) is 22.0. The summed E-state index contributed by atoms with van der Waals surface area (Å²) in [4.78, 5) is 35.8. The van der Waals surface area contributed by atoms with E-state index >= 15 is 0 Å². The third-order valence-electron chi connectivity index (χ3n) is 4.57. The summed E-state index contributed by atoms with van der Waals surface area (Å²) in [6, 6.07) is 3.09. The fraction of sp³-hybridized carbons (Fsp3) is 0.471. The third kappa shape index (κ3) is 3.06. The number of carboxylic acid groups (broad SMARTS) is 1. The standard InChI is InChI=1S/C17H19NO6/c1-9(19)12-6-14-15(24-8-23-14)7-13(12)18-16(20)10-4-2-3-5-11(10)17(21)22/h6-7,10-11H,2-5,8H2,1H3,(H,18,20)(H,21,22). The van der Waals surface area contributed by atoms with Gasteiger partial charge in [0.15, 0.2) is 17.3 Å². The average molecular weight is 333 g/mol. The van der Waals surface area contributed by atoms with Crippen molar-refractivity contribution in [2.24, 2.45) is 11.8 Å². The lowest BCUT2D eigenvalue weighted by atomic mass is 9.78. The van der Waals surface area contributed by atoms with E-state index in [1.54, 1.807) is 6.07 Å². The Morgan fingerprint density at radius 1 is 1.08 bits per heavy atom. The molecule has 1 aliphatic heterocycles. The van der Waals surface area contributed by atoms with Crippen LogP contribution in [0.25, 0.3) is 0 Å². The average Bonchev–Trinajstić information content (AvgIpc) is 3.01. The Hall–Kier alpha value is -2.57. The molecule has 0 bridgehead atoms. The van der Waals surface area contributed by atoms with Gasteiger partial charge in [-0.1, -0.05) is 12.8 Å². The second-order valence-corrected chi connectivity index (χ2v) is 6.13. The van der Waals surface area contributed by atoms with Crippen LogP contribution in [-0.4, -0.2) is 29.6 Å². The zero-order chi connectivity index (χ0) is 17.3. The molecule has 7 heteroatoms. The molecule has 128 valence electrons. The summed E-state index contributed by atoms with van der Waals surface area (Å²) < 4.78 is 10.5. The molecule has 0 aromatic heterocycles. The molecule has 2 unspecified atom stereocenters. The molecule has 7 nitrogen and oxygen atoms in total. The summed E-state index contributed by atoms with van der Waals surface area (Å²) in [5.41, 5.74) is 0.641. The Bertz CT molecular complexity index is 699. The van der Waals surface area contributed by atoms with Gasteiger partial charge in [0.1, 0.15) is 0 Å². The molecule has 2 N–H and O–H groups in total. The van der Waals surface area contributed by atoms with Crippen LogP contribution in [0.1, 0.15) is 43.0 Å². The van der Waals surface area contributed by atoms with Crippen molar-refractivity contribution in [3.05, 3.63) is 17.7 Å². The minimum atomic E-state index is -0.952. The molecule has 0 saturated heterocycles. The largest absolute Gasteiger partial charge is 0.481 e. The van der Waals surface area contributed by atoms with Crippen molar-refractivity contribution in [1.82, 2.24) is 0 Å². The maximum absolute atomic E-state index is 12.6. The van der Waals surface area contributed by atoms with Crippen LogP contribution in [0.2, 0.25) is 0 Å². The van der Waals surface area contributed by atoms with Crippen molar-refractivity contribution >= 4 is 23.3 Å². The Balaban J connectivity index is 1.86. The lowest BCUT2D eigenvalue weighted by molar-refractivity contribution is -0.147. The summed E-state index contributed by atoms with van der Waals surface area (Å²) in [5, 5.41) is 12.0. The van der Waals surface area contributed by atoms with Gasteiger partial charge >= 0.3 is 5.97 Å². The number of hydrogen-bond donors (Lipinski definition) is 2. The van der Waals surface area contributed by atoms with Gasteiger partial charge in [-0.25, -0.2) is 0 Å². The van der Waals surface area contributed by atoms with Crippen molar-refractivity contribution in [3.8, 4) is 11.5 Å². The first-order valence-corrected chi connectivity index (χ1v) is 7.95. The van der Waals surface area contributed by atoms with E-state index < -0.39 is 17.8 Å². The van der Waals surface area contributed by atoms with Crippen molar-refractivity contribution in [2.75, 3.05) is 12.1 Å². The highest BCUT2D eigenvalue weighted by molar-refractivity contribution is 6.05. The van der Waals surface area contributed by atoms with E-state index in [0.29, 0.717) is 35.6 Å². The van der Waals surface area contributed by atoms with E-state index in [9.17, 15) is 19.5 Å². The molecule has 0 spiro atoms. The third-order valence-corrected chi connectivity index (χ3v) is 4.57. The van der Waals surface area contributed by atoms with Crippen molar-refractivity contribution < 1.29 is 29.0 Å². The quantitative estimate of drug-likeness (QED) is 0.821. The fourth-order valence-electron chi connectivity index (χ4n) is 3.30. The maximum atomic E-state index is 12.6. The molecule has 1 saturated carbocycles. The molecule has 2 aliphatic rings.